The van der Waals surface area contributed by atoms with Crippen LogP contribution in [0.5, 0.6) is 0 Å². The van der Waals surface area contributed by atoms with Crippen LogP contribution in [0.3, 0.4) is 0 Å². The van der Waals surface area contributed by atoms with E-state index in [-0.39, 0.29) is 16.5 Å². The minimum Gasteiger partial charge on any atom is -0.381 e. The lowest BCUT2D eigenvalue weighted by Gasteiger charge is -2.33. The average Bonchev–Trinajstić information content (AvgIpc) is 2.30. The van der Waals surface area contributed by atoms with Gasteiger partial charge >= 0.3 is 0 Å². The van der Waals surface area contributed by atoms with E-state index in [0.717, 1.165) is 25.7 Å². The van der Waals surface area contributed by atoms with Crippen LogP contribution in [0.1, 0.15) is 38.5 Å². The summed E-state index contributed by atoms with van der Waals surface area (Å²) >= 11 is 0. The van der Waals surface area contributed by atoms with Crippen molar-refractivity contribution < 1.29 is 13.2 Å². The Morgan fingerprint density at radius 3 is 2.25 bits per heavy atom. The molecule has 2 atom stereocenters. The van der Waals surface area contributed by atoms with Gasteiger partial charge in [-0.15, -0.1) is 0 Å². The Balaban J connectivity index is 2.10. The lowest BCUT2D eigenvalue weighted by atomic mass is 9.96. The van der Waals surface area contributed by atoms with Gasteiger partial charge in [0.25, 0.3) is 0 Å². The van der Waals surface area contributed by atoms with Gasteiger partial charge in [0.1, 0.15) is 0 Å². The van der Waals surface area contributed by atoms with Crippen molar-refractivity contribution in [3.8, 4) is 0 Å². The van der Waals surface area contributed by atoms with E-state index in [1.165, 1.54) is 0 Å². The molecule has 4 nitrogen and oxygen atoms in total. The van der Waals surface area contributed by atoms with Crippen molar-refractivity contribution in [2.24, 2.45) is 5.73 Å². The Morgan fingerprint density at radius 2 is 1.62 bits per heavy atom. The number of sulfone groups is 1. The molecule has 0 radical (unpaired) electrons. The molecule has 0 aromatic rings. The fourth-order valence-corrected chi connectivity index (χ4v) is 5.25. The first-order valence-electron chi connectivity index (χ1n) is 6.18. The molecule has 1 saturated heterocycles. The van der Waals surface area contributed by atoms with E-state index in [2.05, 4.69) is 0 Å². The zero-order valence-electron chi connectivity index (χ0n) is 9.60. The summed E-state index contributed by atoms with van der Waals surface area (Å²) in [7, 11) is -3.04. The average molecular weight is 247 g/mol. The van der Waals surface area contributed by atoms with Crippen LogP contribution < -0.4 is 5.73 Å². The van der Waals surface area contributed by atoms with Crippen LogP contribution in [-0.4, -0.2) is 38.2 Å². The van der Waals surface area contributed by atoms with Crippen molar-refractivity contribution in [1.82, 2.24) is 0 Å². The van der Waals surface area contributed by atoms with Gasteiger partial charge in [-0.3, -0.25) is 0 Å². The third-order valence-corrected chi connectivity index (χ3v) is 6.64. The molecule has 2 N–H and O–H groups in total. The number of hydrogen-bond donors (Lipinski definition) is 1. The molecule has 0 aromatic heterocycles. The number of nitrogens with two attached hydrogens (primary N) is 1. The van der Waals surface area contributed by atoms with Crippen molar-refractivity contribution in [2.45, 2.75) is 55.1 Å². The molecule has 1 heterocycles. The largest absolute Gasteiger partial charge is 0.381 e. The van der Waals surface area contributed by atoms with Crippen LogP contribution in [0.25, 0.3) is 0 Å². The molecule has 2 fully saturated rings. The van der Waals surface area contributed by atoms with Crippen LogP contribution in [0.2, 0.25) is 0 Å². The van der Waals surface area contributed by atoms with Crippen molar-refractivity contribution >= 4 is 9.84 Å². The lowest BCUT2D eigenvalue weighted by molar-refractivity contribution is 0.0980. The van der Waals surface area contributed by atoms with E-state index < -0.39 is 9.84 Å². The Morgan fingerprint density at radius 1 is 1.00 bits per heavy atom. The molecule has 2 unspecified atom stereocenters. The van der Waals surface area contributed by atoms with Crippen LogP contribution in [0.15, 0.2) is 0 Å². The minimum absolute atomic E-state index is 0.151. The maximum Gasteiger partial charge on any atom is 0.157 e. The van der Waals surface area contributed by atoms with Gasteiger partial charge in [-0.05, 0) is 25.7 Å². The summed E-state index contributed by atoms with van der Waals surface area (Å²) in [6, 6.07) is -0.151. The van der Waals surface area contributed by atoms with Crippen LogP contribution in [-0.2, 0) is 14.6 Å². The van der Waals surface area contributed by atoms with E-state index in [0.29, 0.717) is 26.1 Å². The molecule has 0 aromatic carbocycles. The normalized spacial score (nSPS) is 33.8. The van der Waals surface area contributed by atoms with Gasteiger partial charge in [0.15, 0.2) is 9.84 Å². The van der Waals surface area contributed by atoms with Crippen molar-refractivity contribution in [2.75, 3.05) is 13.2 Å². The van der Waals surface area contributed by atoms with E-state index in [9.17, 15) is 8.42 Å². The molecule has 0 spiro atoms. The van der Waals surface area contributed by atoms with Gasteiger partial charge in [-0.1, -0.05) is 12.8 Å². The Labute approximate surface area is 97.5 Å². The van der Waals surface area contributed by atoms with Crippen LogP contribution in [0.4, 0.5) is 0 Å². The molecular weight excluding hydrogens is 226 g/mol. The Bertz CT molecular complexity index is 322. The molecule has 1 aliphatic carbocycles. The van der Waals surface area contributed by atoms with Gasteiger partial charge in [-0.2, -0.15) is 0 Å². The van der Waals surface area contributed by atoms with Gasteiger partial charge in [0, 0.05) is 19.3 Å². The molecule has 1 aliphatic heterocycles. The van der Waals surface area contributed by atoms with Gasteiger partial charge in [-0.25, -0.2) is 8.42 Å². The first kappa shape index (κ1) is 12.3. The molecular formula is C11H21NO3S. The van der Waals surface area contributed by atoms with E-state index in [4.69, 9.17) is 10.5 Å². The van der Waals surface area contributed by atoms with Crippen molar-refractivity contribution in [3.63, 3.8) is 0 Å². The maximum atomic E-state index is 12.4. The molecule has 5 heteroatoms. The number of hydrogen-bond acceptors (Lipinski definition) is 4. The summed E-state index contributed by atoms with van der Waals surface area (Å²) in [5, 5.41) is -0.514. The highest BCUT2D eigenvalue weighted by atomic mass is 32.2. The quantitative estimate of drug-likeness (QED) is 0.785. The smallest absolute Gasteiger partial charge is 0.157 e. The summed E-state index contributed by atoms with van der Waals surface area (Å²) in [5.74, 6) is 0. The van der Waals surface area contributed by atoms with Crippen LogP contribution in [0, 0.1) is 0 Å². The molecule has 0 bridgehead atoms. The zero-order chi connectivity index (χ0) is 11.6. The summed E-state index contributed by atoms with van der Waals surface area (Å²) in [6.45, 7) is 1.15. The molecule has 94 valence electrons. The van der Waals surface area contributed by atoms with E-state index in [1.807, 2.05) is 0 Å². The SMILES string of the molecule is NC1CCCCC1S(=O)(=O)C1CCOCC1. The topological polar surface area (TPSA) is 69.4 Å². The summed E-state index contributed by atoms with van der Waals surface area (Å²) in [6.07, 6.45) is 4.97. The van der Waals surface area contributed by atoms with Gasteiger partial charge in [0.05, 0.1) is 10.5 Å². The standard InChI is InChI=1S/C11H21NO3S/c12-10-3-1-2-4-11(10)16(13,14)9-5-7-15-8-6-9/h9-11H,1-8,12H2. The molecule has 1 saturated carbocycles. The number of ether oxygens (including phenoxy) is 1. The zero-order valence-corrected chi connectivity index (χ0v) is 10.4. The first-order valence-corrected chi connectivity index (χ1v) is 7.79. The highest BCUT2D eigenvalue weighted by Gasteiger charge is 2.39. The molecule has 16 heavy (non-hydrogen) atoms. The molecule has 2 rings (SSSR count). The maximum absolute atomic E-state index is 12.4. The third-order valence-electron chi connectivity index (χ3n) is 3.81. The predicted molar refractivity (Wildman–Crippen MR) is 63.0 cm³/mol. The second kappa shape index (κ2) is 5.02. The Hall–Kier alpha value is -0.130. The van der Waals surface area contributed by atoms with E-state index >= 15 is 0 Å². The first-order chi connectivity index (χ1) is 7.62. The summed E-state index contributed by atoms with van der Waals surface area (Å²) in [5.41, 5.74) is 5.96. The highest BCUT2D eigenvalue weighted by Crippen LogP contribution is 2.29. The third kappa shape index (κ3) is 2.41. The molecule has 0 amide bonds. The Kier molecular flexibility index (Phi) is 3.87. The number of rotatable bonds is 2. The van der Waals surface area contributed by atoms with Crippen LogP contribution >= 0.6 is 0 Å². The summed E-state index contributed by atoms with van der Waals surface area (Å²) in [4.78, 5) is 0. The highest BCUT2D eigenvalue weighted by molar-refractivity contribution is 7.92. The fraction of sp³-hybridized carbons (Fsp3) is 1.00. The molecule has 2 aliphatic rings. The lowest BCUT2D eigenvalue weighted by Crippen LogP contribution is -2.47. The second-order valence-corrected chi connectivity index (χ2v) is 7.34. The summed E-state index contributed by atoms with van der Waals surface area (Å²) < 4.78 is 30.0. The van der Waals surface area contributed by atoms with Crippen molar-refractivity contribution in [3.05, 3.63) is 0 Å². The van der Waals surface area contributed by atoms with Gasteiger partial charge in [0.2, 0.25) is 0 Å². The van der Waals surface area contributed by atoms with Crippen molar-refractivity contribution in [1.29, 1.82) is 0 Å². The van der Waals surface area contributed by atoms with E-state index in [1.54, 1.807) is 0 Å². The monoisotopic (exact) mass is 247 g/mol. The minimum atomic E-state index is -3.04. The fourth-order valence-electron chi connectivity index (χ4n) is 2.79. The van der Waals surface area contributed by atoms with Gasteiger partial charge < -0.3 is 10.5 Å². The second-order valence-electron chi connectivity index (χ2n) is 4.89. The predicted octanol–water partition coefficient (Wildman–Crippen LogP) is 0.850.